The van der Waals surface area contributed by atoms with Crippen molar-refractivity contribution in [3.05, 3.63) is 71.0 Å². The smallest absolute Gasteiger partial charge is 0.257 e. The fourth-order valence-corrected chi connectivity index (χ4v) is 4.38. The van der Waals surface area contributed by atoms with E-state index in [0.29, 0.717) is 48.4 Å². The number of benzene rings is 2. The van der Waals surface area contributed by atoms with Crippen LogP contribution < -0.4 is 5.32 Å². The largest absolute Gasteiger partial charge is 0.352 e. The Bertz CT molecular complexity index is 1150. The fourth-order valence-electron chi connectivity index (χ4n) is 4.38. The number of carbonyl (C=O) groups excluding carboxylic acids is 2. The number of rotatable bonds is 10. The van der Waals surface area contributed by atoms with Gasteiger partial charge in [-0.25, -0.2) is 0 Å². The molecule has 1 N–H and O–H groups in total. The topological polar surface area (TPSA) is 91.6 Å². The van der Waals surface area contributed by atoms with Gasteiger partial charge in [0, 0.05) is 49.3 Å². The van der Waals surface area contributed by atoms with Gasteiger partial charge in [-0.3, -0.25) is 9.59 Å². The highest BCUT2D eigenvalue weighted by atomic mass is 16.5. The lowest BCUT2D eigenvalue weighted by Crippen LogP contribution is -2.34. The monoisotopic (exact) mass is 489 g/mol. The summed E-state index contributed by atoms with van der Waals surface area (Å²) >= 11 is 0. The number of amides is 2. The van der Waals surface area contributed by atoms with E-state index in [1.807, 2.05) is 43.3 Å². The van der Waals surface area contributed by atoms with Crippen LogP contribution in [0.4, 0.5) is 0 Å². The molecule has 3 aromatic rings. The molecule has 4 rings (SSSR count). The predicted molar refractivity (Wildman–Crippen MR) is 139 cm³/mol. The Morgan fingerprint density at radius 3 is 2.42 bits per heavy atom. The van der Waals surface area contributed by atoms with Crippen molar-refractivity contribution in [1.29, 1.82) is 0 Å². The summed E-state index contributed by atoms with van der Waals surface area (Å²) in [6, 6.07) is 15.2. The molecule has 0 saturated carbocycles. The first kappa shape index (κ1) is 25.6. The van der Waals surface area contributed by atoms with Crippen molar-refractivity contribution >= 4 is 11.8 Å². The lowest BCUT2D eigenvalue weighted by molar-refractivity contribution is 0.0795. The lowest BCUT2D eigenvalue weighted by Gasteiger charge is -2.23. The number of hydrogen-bond acceptors (Lipinski definition) is 6. The first-order valence-electron chi connectivity index (χ1n) is 12.7. The molecule has 2 heterocycles. The number of aromatic nitrogens is 2. The molecule has 1 saturated heterocycles. The van der Waals surface area contributed by atoms with E-state index in [4.69, 9.17) is 4.52 Å². The second kappa shape index (κ2) is 11.9. The Morgan fingerprint density at radius 2 is 1.72 bits per heavy atom. The molecule has 0 radical (unpaired) electrons. The van der Waals surface area contributed by atoms with Crippen LogP contribution in [0.25, 0.3) is 11.5 Å². The normalized spacial score (nSPS) is 14.5. The third kappa shape index (κ3) is 6.57. The Morgan fingerprint density at radius 1 is 1.06 bits per heavy atom. The van der Waals surface area contributed by atoms with Crippen LogP contribution in [0.5, 0.6) is 0 Å². The zero-order valence-corrected chi connectivity index (χ0v) is 21.4. The minimum absolute atomic E-state index is 0.0434. The van der Waals surface area contributed by atoms with Crippen LogP contribution in [-0.2, 0) is 6.42 Å². The van der Waals surface area contributed by atoms with Crippen molar-refractivity contribution in [3.63, 3.8) is 0 Å². The number of nitrogens with one attached hydrogen (secondary N) is 1. The van der Waals surface area contributed by atoms with Gasteiger partial charge in [-0.2, -0.15) is 4.98 Å². The van der Waals surface area contributed by atoms with Crippen LogP contribution in [0.1, 0.15) is 58.3 Å². The third-order valence-electron chi connectivity index (χ3n) is 6.79. The number of nitrogens with zero attached hydrogens (tertiary/aromatic N) is 4. The molecule has 2 amide bonds. The van der Waals surface area contributed by atoms with E-state index < -0.39 is 0 Å². The summed E-state index contributed by atoms with van der Waals surface area (Å²) in [5.74, 6) is 0.798. The fraction of sp³-hybridized carbons (Fsp3) is 0.429. The van der Waals surface area contributed by atoms with Crippen LogP contribution in [0.15, 0.2) is 53.1 Å². The van der Waals surface area contributed by atoms with Crippen molar-refractivity contribution < 1.29 is 14.1 Å². The van der Waals surface area contributed by atoms with Crippen molar-refractivity contribution in [2.75, 3.05) is 33.2 Å². The predicted octanol–water partition coefficient (Wildman–Crippen LogP) is 3.96. The highest BCUT2D eigenvalue weighted by Gasteiger charge is 2.18. The van der Waals surface area contributed by atoms with Gasteiger partial charge in [0.1, 0.15) is 0 Å². The van der Waals surface area contributed by atoms with Gasteiger partial charge in [-0.1, -0.05) is 22.9 Å². The Kier molecular flexibility index (Phi) is 8.48. The molecule has 36 heavy (non-hydrogen) atoms. The number of likely N-dealkylation sites (N-methyl/N-ethyl adjacent to an activating group) is 1. The second-order valence-corrected chi connectivity index (χ2v) is 9.57. The summed E-state index contributed by atoms with van der Waals surface area (Å²) < 4.78 is 5.41. The second-order valence-electron chi connectivity index (χ2n) is 9.57. The van der Waals surface area contributed by atoms with E-state index in [9.17, 15) is 9.59 Å². The maximum Gasteiger partial charge on any atom is 0.257 e. The van der Waals surface area contributed by atoms with Crippen molar-refractivity contribution in [1.82, 2.24) is 25.3 Å². The minimum Gasteiger partial charge on any atom is -0.352 e. The minimum atomic E-state index is -0.0809. The summed E-state index contributed by atoms with van der Waals surface area (Å²) in [5, 5.41) is 7.07. The van der Waals surface area contributed by atoms with Gasteiger partial charge in [0.15, 0.2) is 5.82 Å². The number of likely N-dealkylation sites (tertiary alicyclic amines) is 1. The summed E-state index contributed by atoms with van der Waals surface area (Å²) in [7, 11) is 1.76. The van der Waals surface area contributed by atoms with Crippen molar-refractivity contribution in [2.24, 2.45) is 0 Å². The quantitative estimate of drug-likeness (QED) is 0.463. The van der Waals surface area contributed by atoms with E-state index in [1.165, 1.54) is 12.8 Å². The maximum absolute atomic E-state index is 12.6. The molecule has 0 bridgehead atoms. The van der Waals surface area contributed by atoms with Gasteiger partial charge >= 0.3 is 0 Å². The van der Waals surface area contributed by atoms with Gasteiger partial charge in [0.25, 0.3) is 17.7 Å². The Balaban J connectivity index is 1.25. The van der Waals surface area contributed by atoms with Crippen molar-refractivity contribution in [2.45, 2.75) is 45.6 Å². The highest BCUT2D eigenvalue weighted by Crippen LogP contribution is 2.18. The van der Waals surface area contributed by atoms with Crippen LogP contribution in [0.3, 0.4) is 0 Å². The van der Waals surface area contributed by atoms with E-state index in [2.05, 4.69) is 27.3 Å². The summed E-state index contributed by atoms with van der Waals surface area (Å²) in [5.41, 5.74) is 3.12. The molecule has 0 unspecified atom stereocenters. The molecule has 8 heteroatoms. The van der Waals surface area contributed by atoms with Crippen LogP contribution in [0, 0.1) is 6.92 Å². The van der Waals surface area contributed by atoms with Crippen LogP contribution in [-0.4, -0.2) is 71.0 Å². The van der Waals surface area contributed by atoms with E-state index in [-0.39, 0.29) is 11.8 Å². The molecule has 0 spiro atoms. The SMILES string of the molecule is Cc1ccc(C(=O)N(C)CCc2noc(-c3ccc(C(=O)NCC[C@@H](C)N4CCCC4)cc3)n2)cc1. The molecule has 1 atom stereocenters. The van der Waals surface area contributed by atoms with E-state index in [1.54, 1.807) is 24.1 Å². The van der Waals surface area contributed by atoms with Gasteiger partial charge in [-0.15, -0.1) is 0 Å². The number of hydrogen-bond donors (Lipinski definition) is 1. The molecule has 1 fully saturated rings. The van der Waals surface area contributed by atoms with Gasteiger partial charge in [0.2, 0.25) is 0 Å². The number of carbonyl (C=O) groups is 2. The van der Waals surface area contributed by atoms with Crippen LogP contribution in [0.2, 0.25) is 0 Å². The third-order valence-corrected chi connectivity index (χ3v) is 6.79. The number of aryl methyl sites for hydroxylation is 1. The molecule has 1 aromatic heterocycles. The van der Waals surface area contributed by atoms with Crippen LogP contribution >= 0.6 is 0 Å². The summed E-state index contributed by atoms with van der Waals surface area (Å²) in [6.45, 7) is 7.68. The summed E-state index contributed by atoms with van der Waals surface area (Å²) in [6.07, 6.45) is 3.97. The Labute approximate surface area is 212 Å². The van der Waals surface area contributed by atoms with Gasteiger partial charge in [0.05, 0.1) is 0 Å². The molecule has 190 valence electrons. The highest BCUT2D eigenvalue weighted by molar-refractivity contribution is 5.94. The zero-order chi connectivity index (χ0) is 25.5. The zero-order valence-electron chi connectivity index (χ0n) is 21.4. The summed E-state index contributed by atoms with van der Waals surface area (Å²) in [4.78, 5) is 33.7. The standard InChI is InChI=1S/C28H35N5O3/c1-20-6-8-24(9-7-20)28(35)32(3)19-15-25-30-27(36-31-25)23-12-10-22(11-13-23)26(34)29-16-14-21(2)33-17-4-5-18-33/h6-13,21H,4-5,14-19H2,1-3H3,(H,29,34)/t21-/m1/s1. The van der Waals surface area contributed by atoms with Gasteiger partial charge in [-0.05, 0) is 82.6 Å². The average molecular weight is 490 g/mol. The molecular formula is C28H35N5O3. The van der Waals surface area contributed by atoms with Crippen molar-refractivity contribution in [3.8, 4) is 11.5 Å². The molecule has 1 aliphatic rings. The average Bonchev–Trinajstić information content (AvgIpc) is 3.60. The Hall–Kier alpha value is -3.52. The van der Waals surface area contributed by atoms with Gasteiger partial charge < -0.3 is 19.6 Å². The molecule has 0 aliphatic carbocycles. The van der Waals surface area contributed by atoms with E-state index in [0.717, 1.165) is 30.6 Å². The molecule has 1 aliphatic heterocycles. The first-order chi connectivity index (χ1) is 17.4. The van der Waals surface area contributed by atoms with E-state index >= 15 is 0 Å². The first-order valence-corrected chi connectivity index (χ1v) is 12.7. The molecular weight excluding hydrogens is 454 g/mol. The lowest BCUT2D eigenvalue weighted by atomic mass is 10.1. The molecule has 8 nitrogen and oxygen atoms in total. The molecule has 2 aromatic carbocycles. The maximum atomic E-state index is 12.6.